The van der Waals surface area contributed by atoms with Crippen molar-refractivity contribution in [1.29, 1.82) is 0 Å². The Labute approximate surface area is 76.7 Å². The van der Waals surface area contributed by atoms with Gasteiger partial charge in [-0.2, -0.15) is 0 Å². The van der Waals surface area contributed by atoms with Gasteiger partial charge in [-0.25, -0.2) is 9.97 Å². The lowest BCUT2D eigenvalue weighted by atomic mass is 10.4. The van der Waals surface area contributed by atoms with Crippen LogP contribution in [0.5, 0.6) is 0 Å². The molecule has 0 fully saturated rings. The van der Waals surface area contributed by atoms with Gasteiger partial charge in [-0.1, -0.05) is 5.16 Å². The standard InChI is InChI=1S/C8H12N4O/c1-6(11-13)8-9-5-4-7(10-8)12(2)3/h4-5,13H,1-3H3. The van der Waals surface area contributed by atoms with Crippen LogP contribution in [-0.2, 0) is 0 Å². The zero-order valence-corrected chi connectivity index (χ0v) is 7.89. The van der Waals surface area contributed by atoms with Crippen LogP contribution in [0.3, 0.4) is 0 Å². The summed E-state index contributed by atoms with van der Waals surface area (Å²) in [6.07, 6.45) is 1.63. The van der Waals surface area contributed by atoms with Crippen molar-refractivity contribution in [2.24, 2.45) is 5.16 Å². The molecule has 0 bridgehead atoms. The first-order chi connectivity index (χ1) is 6.15. The molecule has 0 amide bonds. The summed E-state index contributed by atoms with van der Waals surface area (Å²) in [7, 11) is 3.77. The fourth-order valence-electron chi connectivity index (χ4n) is 0.817. The van der Waals surface area contributed by atoms with E-state index < -0.39 is 0 Å². The first-order valence-corrected chi connectivity index (χ1v) is 3.84. The third-order valence-electron chi connectivity index (χ3n) is 1.57. The molecule has 1 aromatic heterocycles. The number of anilines is 1. The van der Waals surface area contributed by atoms with Crippen molar-refractivity contribution in [3.8, 4) is 0 Å². The fourth-order valence-corrected chi connectivity index (χ4v) is 0.817. The maximum absolute atomic E-state index is 8.51. The first kappa shape index (κ1) is 9.44. The molecule has 0 spiro atoms. The predicted octanol–water partition coefficient (Wildman–Crippen LogP) is 0.741. The molecular formula is C8H12N4O. The maximum Gasteiger partial charge on any atom is 0.179 e. The van der Waals surface area contributed by atoms with Gasteiger partial charge in [0, 0.05) is 20.3 Å². The first-order valence-electron chi connectivity index (χ1n) is 3.84. The summed E-state index contributed by atoms with van der Waals surface area (Å²) in [5.41, 5.74) is 0.406. The molecule has 0 aromatic carbocycles. The Bertz CT molecular complexity index is 322. The van der Waals surface area contributed by atoms with E-state index in [1.54, 1.807) is 19.2 Å². The van der Waals surface area contributed by atoms with Crippen LogP contribution in [0.4, 0.5) is 5.82 Å². The van der Waals surface area contributed by atoms with Crippen molar-refractivity contribution in [3.63, 3.8) is 0 Å². The molecule has 1 rings (SSSR count). The van der Waals surface area contributed by atoms with Gasteiger partial charge in [0.25, 0.3) is 0 Å². The minimum absolute atomic E-state index is 0.406. The highest BCUT2D eigenvalue weighted by Gasteiger charge is 2.03. The van der Waals surface area contributed by atoms with Crippen LogP contribution in [-0.4, -0.2) is 35.0 Å². The molecule has 0 aliphatic rings. The second kappa shape index (κ2) is 3.84. The van der Waals surface area contributed by atoms with Gasteiger partial charge in [-0.15, -0.1) is 0 Å². The largest absolute Gasteiger partial charge is 0.411 e. The van der Waals surface area contributed by atoms with E-state index >= 15 is 0 Å². The van der Waals surface area contributed by atoms with E-state index in [2.05, 4.69) is 15.1 Å². The van der Waals surface area contributed by atoms with Crippen LogP contribution in [0.1, 0.15) is 12.7 Å². The van der Waals surface area contributed by atoms with Crippen molar-refractivity contribution >= 4 is 11.5 Å². The third-order valence-corrected chi connectivity index (χ3v) is 1.57. The molecule has 70 valence electrons. The Morgan fingerprint density at radius 2 is 2.23 bits per heavy atom. The van der Waals surface area contributed by atoms with Crippen LogP contribution >= 0.6 is 0 Å². The molecule has 13 heavy (non-hydrogen) atoms. The van der Waals surface area contributed by atoms with Crippen molar-refractivity contribution < 1.29 is 5.21 Å². The second-order valence-corrected chi connectivity index (χ2v) is 2.82. The third kappa shape index (κ3) is 2.14. The van der Waals surface area contributed by atoms with Crippen LogP contribution in [0, 0.1) is 0 Å². The molecule has 0 unspecified atom stereocenters. The normalized spacial score (nSPS) is 11.5. The molecule has 0 saturated carbocycles. The molecule has 5 nitrogen and oxygen atoms in total. The average molecular weight is 180 g/mol. The maximum atomic E-state index is 8.51. The molecule has 1 aromatic rings. The Morgan fingerprint density at radius 1 is 1.54 bits per heavy atom. The molecule has 0 aliphatic carbocycles. The Hall–Kier alpha value is -1.65. The smallest absolute Gasteiger partial charge is 0.179 e. The zero-order valence-electron chi connectivity index (χ0n) is 7.89. The summed E-state index contributed by atoms with van der Waals surface area (Å²) in [5, 5.41) is 11.5. The molecule has 0 saturated heterocycles. The van der Waals surface area contributed by atoms with Crippen molar-refractivity contribution in [1.82, 2.24) is 9.97 Å². The Morgan fingerprint density at radius 3 is 2.77 bits per heavy atom. The van der Waals surface area contributed by atoms with E-state index in [1.165, 1.54) is 0 Å². The van der Waals surface area contributed by atoms with Gasteiger partial charge < -0.3 is 10.1 Å². The summed E-state index contributed by atoms with van der Waals surface area (Å²) < 4.78 is 0. The number of rotatable bonds is 2. The van der Waals surface area contributed by atoms with Crippen LogP contribution in [0.15, 0.2) is 17.4 Å². The molecule has 0 atom stereocenters. The van der Waals surface area contributed by atoms with Crippen LogP contribution in [0.25, 0.3) is 0 Å². The highest BCUT2D eigenvalue weighted by atomic mass is 16.4. The number of hydrogen-bond donors (Lipinski definition) is 1. The quantitative estimate of drug-likeness (QED) is 0.414. The molecule has 0 radical (unpaired) electrons. The number of aromatic nitrogens is 2. The molecule has 1 heterocycles. The molecular weight excluding hydrogens is 168 g/mol. The van der Waals surface area contributed by atoms with E-state index in [1.807, 2.05) is 19.0 Å². The Kier molecular flexibility index (Phi) is 2.79. The Balaban J connectivity index is 3.05. The van der Waals surface area contributed by atoms with E-state index in [4.69, 9.17) is 5.21 Å². The lowest BCUT2D eigenvalue weighted by molar-refractivity contribution is 0.318. The zero-order chi connectivity index (χ0) is 9.84. The summed E-state index contributed by atoms with van der Waals surface area (Å²) >= 11 is 0. The SMILES string of the molecule is CC(=NO)c1nccc(N(C)C)n1. The van der Waals surface area contributed by atoms with Gasteiger partial charge in [0.05, 0.1) is 0 Å². The lowest BCUT2D eigenvalue weighted by Gasteiger charge is -2.10. The highest BCUT2D eigenvalue weighted by molar-refractivity contribution is 5.94. The second-order valence-electron chi connectivity index (χ2n) is 2.82. The minimum Gasteiger partial charge on any atom is -0.411 e. The van der Waals surface area contributed by atoms with Crippen molar-refractivity contribution in [2.75, 3.05) is 19.0 Å². The van der Waals surface area contributed by atoms with Gasteiger partial charge >= 0.3 is 0 Å². The predicted molar refractivity (Wildman–Crippen MR) is 50.4 cm³/mol. The van der Waals surface area contributed by atoms with Gasteiger partial charge in [-0.3, -0.25) is 0 Å². The highest BCUT2D eigenvalue weighted by Crippen LogP contribution is 2.05. The van der Waals surface area contributed by atoms with E-state index in [9.17, 15) is 0 Å². The van der Waals surface area contributed by atoms with E-state index in [-0.39, 0.29) is 0 Å². The van der Waals surface area contributed by atoms with Crippen molar-refractivity contribution in [3.05, 3.63) is 18.1 Å². The van der Waals surface area contributed by atoms with Gasteiger partial charge in [-0.05, 0) is 13.0 Å². The van der Waals surface area contributed by atoms with Crippen LogP contribution in [0.2, 0.25) is 0 Å². The number of nitrogens with zero attached hydrogens (tertiary/aromatic N) is 4. The van der Waals surface area contributed by atoms with Gasteiger partial charge in [0.1, 0.15) is 11.5 Å². The molecule has 0 aliphatic heterocycles. The monoisotopic (exact) mass is 180 g/mol. The van der Waals surface area contributed by atoms with Crippen molar-refractivity contribution in [2.45, 2.75) is 6.92 Å². The van der Waals surface area contributed by atoms with E-state index in [0.29, 0.717) is 11.5 Å². The van der Waals surface area contributed by atoms with Crippen LogP contribution < -0.4 is 4.90 Å². The summed E-state index contributed by atoms with van der Waals surface area (Å²) in [6, 6.07) is 1.79. The summed E-state index contributed by atoms with van der Waals surface area (Å²) in [4.78, 5) is 9.99. The molecule has 5 heteroatoms. The topological polar surface area (TPSA) is 61.6 Å². The number of hydrogen-bond acceptors (Lipinski definition) is 5. The minimum atomic E-state index is 0.406. The summed E-state index contributed by atoms with van der Waals surface area (Å²) in [5.74, 6) is 1.22. The summed E-state index contributed by atoms with van der Waals surface area (Å²) in [6.45, 7) is 1.65. The average Bonchev–Trinajstić information content (AvgIpc) is 2.17. The molecule has 1 N–H and O–H groups in total. The number of oxime groups is 1. The fraction of sp³-hybridized carbons (Fsp3) is 0.375. The van der Waals surface area contributed by atoms with Gasteiger partial charge in [0.15, 0.2) is 5.82 Å². The van der Waals surface area contributed by atoms with Gasteiger partial charge in [0.2, 0.25) is 0 Å². The van der Waals surface area contributed by atoms with E-state index in [0.717, 1.165) is 5.82 Å². The lowest BCUT2D eigenvalue weighted by Crippen LogP contribution is -2.13.